The Labute approximate surface area is 202 Å². The van der Waals surface area contributed by atoms with Crippen LogP contribution in [-0.4, -0.2) is 35.6 Å². The van der Waals surface area contributed by atoms with Crippen LogP contribution in [0, 0.1) is 19.8 Å². The van der Waals surface area contributed by atoms with Crippen LogP contribution in [0.4, 0.5) is 0 Å². The topological polar surface area (TPSA) is 111 Å². The van der Waals surface area contributed by atoms with Crippen LogP contribution < -0.4 is 5.32 Å². The van der Waals surface area contributed by atoms with Crippen LogP contribution in [0.1, 0.15) is 49.2 Å². The number of benzene rings is 1. The molecule has 0 aliphatic rings. The predicted octanol–water partition coefficient (Wildman–Crippen LogP) is 4.39. The van der Waals surface area contributed by atoms with Crippen molar-refractivity contribution in [2.45, 2.75) is 46.6 Å². The Morgan fingerprint density at radius 3 is 2.63 bits per heavy atom. The van der Waals surface area contributed by atoms with Gasteiger partial charge in [-0.05, 0) is 56.0 Å². The monoisotopic (exact) mass is 469 g/mol. The summed E-state index contributed by atoms with van der Waals surface area (Å²) in [4.78, 5) is 26.3. The number of rotatable bonds is 7. The van der Waals surface area contributed by atoms with Crippen molar-refractivity contribution in [1.29, 1.82) is 0 Å². The number of aromatic nitrogens is 6. The summed E-state index contributed by atoms with van der Waals surface area (Å²) in [5.74, 6) is 0.845. The molecule has 0 aliphatic heterocycles. The van der Waals surface area contributed by atoms with Crippen molar-refractivity contribution in [1.82, 2.24) is 35.0 Å². The minimum Gasteiger partial charge on any atom is -0.344 e. The molecule has 1 amide bonds. The van der Waals surface area contributed by atoms with Gasteiger partial charge in [-0.3, -0.25) is 9.78 Å². The molecule has 0 saturated carbocycles. The van der Waals surface area contributed by atoms with E-state index in [1.165, 1.54) is 0 Å². The zero-order valence-corrected chi connectivity index (χ0v) is 20.2. The van der Waals surface area contributed by atoms with Gasteiger partial charge in [-0.15, -0.1) is 0 Å². The molecule has 35 heavy (non-hydrogen) atoms. The van der Waals surface area contributed by atoms with Crippen molar-refractivity contribution < 1.29 is 9.32 Å². The van der Waals surface area contributed by atoms with Crippen LogP contribution in [-0.2, 0) is 11.2 Å². The summed E-state index contributed by atoms with van der Waals surface area (Å²) < 4.78 is 7.38. The van der Waals surface area contributed by atoms with Gasteiger partial charge >= 0.3 is 0 Å². The number of carbonyl (C=O) groups is 1. The normalized spacial score (nSPS) is 12.5. The highest BCUT2D eigenvalue weighted by Crippen LogP contribution is 2.25. The van der Waals surface area contributed by atoms with E-state index in [-0.39, 0.29) is 17.9 Å². The first-order valence-electron chi connectivity index (χ1n) is 11.7. The molecule has 1 N–H and O–H groups in total. The lowest BCUT2D eigenvalue weighted by Gasteiger charge is -2.19. The average molecular weight is 470 g/mol. The van der Waals surface area contributed by atoms with Crippen LogP contribution >= 0.6 is 0 Å². The number of hydrogen-bond donors (Lipinski definition) is 1. The van der Waals surface area contributed by atoms with E-state index < -0.39 is 0 Å². The smallest absolute Gasteiger partial charge is 0.249 e. The van der Waals surface area contributed by atoms with E-state index >= 15 is 0 Å². The van der Waals surface area contributed by atoms with E-state index in [4.69, 9.17) is 14.6 Å². The van der Waals surface area contributed by atoms with Crippen molar-refractivity contribution in [2.75, 3.05) is 0 Å². The van der Waals surface area contributed by atoms with E-state index in [9.17, 15) is 4.79 Å². The first-order chi connectivity index (χ1) is 16.9. The zero-order valence-electron chi connectivity index (χ0n) is 20.2. The third-order valence-electron chi connectivity index (χ3n) is 6.25. The molecule has 5 aromatic rings. The molecular weight excluding hydrogens is 442 g/mol. The molecule has 178 valence electrons. The van der Waals surface area contributed by atoms with Crippen molar-refractivity contribution in [3.05, 3.63) is 71.6 Å². The molecule has 4 heterocycles. The van der Waals surface area contributed by atoms with Gasteiger partial charge in [0.15, 0.2) is 5.65 Å². The average Bonchev–Trinajstić information content (AvgIpc) is 3.48. The fourth-order valence-corrected chi connectivity index (χ4v) is 4.32. The number of carbonyl (C=O) groups excluding carboxylic acids is 1. The van der Waals surface area contributed by atoms with E-state index in [2.05, 4.69) is 20.4 Å². The number of amides is 1. The molecule has 0 spiro atoms. The fourth-order valence-electron chi connectivity index (χ4n) is 4.32. The second kappa shape index (κ2) is 9.25. The highest BCUT2D eigenvalue weighted by molar-refractivity contribution is 5.92. The lowest BCUT2D eigenvalue weighted by atomic mass is 10.0. The molecule has 0 aliphatic carbocycles. The third-order valence-corrected chi connectivity index (χ3v) is 6.25. The Balaban J connectivity index is 1.32. The third kappa shape index (κ3) is 4.37. The highest BCUT2D eigenvalue weighted by Gasteiger charge is 2.25. The van der Waals surface area contributed by atoms with Gasteiger partial charge in [0.05, 0.1) is 5.52 Å². The van der Waals surface area contributed by atoms with E-state index in [0.717, 1.165) is 39.1 Å². The SMILES string of the molecule is Cc1nc2c3ccccc3nn2c(C)c1CCC(=O)NC(c1nc(-c2ccncc2)no1)C(C)C. The lowest BCUT2D eigenvalue weighted by Crippen LogP contribution is -2.32. The zero-order chi connectivity index (χ0) is 24.5. The summed E-state index contributed by atoms with van der Waals surface area (Å²) >= 11 is 0. The first-order valence-corrected chi connectivity index (χ1v) is 11.7. The summed E-state index contributed by atoms with van der Waals surface area (Å²) in [6.45, 7) is 8.03. The van der Waals surface area contributed by atoms with Gasteiger partial charge in [-0.2, -0.15) is 10.1 Å². The second-order valence-electron chi connectivity index (χ2n) is 9.00. The Bertz CT molecular complexity index is 1500. The van der Waals surface area contributed by atoms with Crippen LogP contribution in [0.15, 0.2) is 53.3 Å². The highest BCUT2D eigenvalue weighted by atomic mass is 16.5. The standard InChI is InChI=1S/C26H27N7O2/c1-15(2)23(26-30-24(32-35-26)18-11-13-27-14-12-18)29-22(34)10-9-19-16(3)28-25-20-7-5-6-8-21(20)31-33(25)17(19)4/h5-8,11-15,23H,9-10H2,1-4H3,(H,29,34). The number of nitrogens with one attached hydrogen (secondary N) is 1. The molecule has 1 aromatic carbocycles. The Morgan fingerprint density at radius 2 is 1.86 bits per heavy atom. The maximum atomic E-state index is 13.0. The summed E-state index contributed by atoms with van der Waals surface area (Å²) in [5.41, 5.74) is 5.49. The van der Waals surface area contributed by atoms with E-state index in [0.29, 0.717) is 24.6 Å². The maximum absolute atomic E-state index is 13.0. The molecule has 1 atom stereocenters. The molecule has 0 bridgehead atoms. The van der Waals surface area contributed by atoms with Crippen molar-refractivity contribution in [2.24, 2.45) is 5.92 Å². The predicted molar refractivity (Wildman–Crippen MR) is 132 cm³/mol. The summed E-state index contributed by atoms with van der Waals surface area (Å²) in [7, 11) is 0. The van der Waals surface area contributed by atoms with Crippen molar-refractivity contribution in [3.63, 3.8) is 0 Å². The van der Waals surface area contributed by atoms with Gasteiger partial charge in [0, 0.05) is 41.2 Å². The summed E-state index contributed by atoms with van der Waals surface area (Å²) in [6, 6.07) is 11.2. The molecule has 0 fully saturated rings. The van der Waals surface area contributed by atoms with Gasteiger partial charge in [0.25, 0.3) is 0 Å². The molecule has 4 aromatic heterocycles. The van der Waals surface area contributed by atoms with Gasteiger partial charge < -0.3 is 9.84 Å². The van der Waals surface area contributed by atoms with Crippen LogP contribution in [0.25, 0.3) is 27.9 Å². The van der Waals surface area contributed by atoms with Crippen LogP contribution in [0.5, 0.6) is 0 Å². The minimum atomic E-state index is -0.384. The molecule has 9 nitrogen and oxygen atoms in total. The molecule has 5 rings (SSSR count). The Hall–Kier alpha value is -4.14. The summed E-state index contributed by atoms with van der Waals surface area (Å²) in [6.07, 6.45) is 4.22. The van der Waals surface area contributed by atoms with E-state index in [1.807, 2.05) is 68.6 Å². The quantitative estimate of drug-likeness (QED) is 0.376. The van der Waals surface area contributed by atoms with Gasteiger partial charge in [-0.1, -0.05) is 31.1 Å². The fraction of sp³-hybridized carbons (Fsp3) is 0.308. The number of hydrogen-bond acceptors (Lipinski definition) is 7. The molecule has 0 saturated heterocycles. The largest absolute Gasteiger partial charge is 0.344 e. The number of nitrogens with zero attached hydrogens (tertiary/aromatic N) is 6. The number of pyridine rings is 1. The first kappa shape index (κ1) is 22.6. The molecule has 9 heteroatoms. The second-order valence-corrected chi connectivity index (χ2v) is 9.00. The van der Waals surface area contributed by atoms with Gasteiger partial charge in [0.1, 0.15) is 6.04 Å². The summed E-state index contributed by atoms with van der Waals surface area (Å²) in [5, 5.41) is 12.9. The van der Waals surface area contributed by atoms with Gasteiger partial charge in [0.2, 0.25) is 17.6 Å². The number of aryl methyl sites for hydroxylation is 2. The molecular formula is C26H27N7O2. The minimum absolute atomic E-state index is 0.0719. The molecule has 1 unspecified atom stereocenters. The van der Waals surface area contributed by atoms with Crippen molar-refractivity contribution in [3.8, 4) is 11.4 Å². The van der Waals surface area contributed by atoms with Crippen molar-refractivity contribution >= 4 is 22.5 Å². The molecule has 0 radical (unpaired) electrons. The van der Waals surface area contributed by atoms with Gasteiger partial charge in [-0.25, -0.2) is 9.50 Å². The Kier molecular flexibility index (Phi) is 5.98. The van der Waals surface area contributed by atoms with Crippen LogP contribution in [0.3, 0.4) is 0 Å². The maximum Gasteiger partial charge on any atom is 0.249 e. The lowest BCUT2D eigenvalue weighted by molar-refractivity contribution is -0.122. The van der Waals surface area contributed by atoms with Crippen LogP contribution in [0.2, 0.25) is 0 Å². The van der Waals surface area contributed by atoms with E-state index in [1.54, 1.807) is 12.4 Å². The number of fused-ring (bicyclic) bond motifs is 3. The Morgan fingerprint density at radius 1 is 1.09 bits per heavy atom.